The highest BCUT2D eigenvalue weighted by molar-refractivity contribution is 5.75. The number of esters is 1. The van der Waals surface area contributed by atoms with Crippen LogP contribution in [0.15, 0.2) is 42.5 Å². The van der Waals surface area contributed by atoms with Crippen molar-refractivity contribution >= 4 is 5.97 Å². The zero-order valence-electron chi connectivity index (χ0n) is 9.00. The number of ether oxygens (including phenoxy) is 1. The summed E-state index contributed by atoms with van der Waals surface area (Å²) in [6.07, 6.45) is 4.35. The van der Waals surface area contributed by atoms with Gasteiger partial charge in [0.1, 0.15) is 6.61 Å². The molecule has 16 heavy (non-hydrogen) atoms. The van der Waals surface area contributed by atoms with E-state index in [9.17, 15) is 4.79 Å². The first-order valence-corrected chi connectivity index (χ1v) is 5.40. The van der Waals surface area contributed by atoms with Gasteiger partial charge in [-0.25, -0.2) is 0 Å². The van der Waals surface area contributed by atoms with Crippen LogP contribution in [-0.4, -0.2) is 12.0 Å². The second-order valence-electron chi connectivity index (χ2n) is 3.98. The largest absolute Gasteiger partial charge is 0.460 e. The van der Waals surface area contributed by atoms with Crippen LogP contribution in [0.5, 0.6) is 0 Å². The highest BCUT2D eigenvalue weighted by atomic mass is 16.5. The van der Waals surface area contributed by atoms with Crippen molar-refractivity contribution in [3.05, 3.63) is 48.0 Å². The molecule has 0 radical (unpaired) electrons. The van der Waals surface area contributed by atoms with Gasteiger partial charge in [0.2, 0.25) is 0 Å². The molecule has 0 aromatic heterocycles. The second kappa shape index (κ2) is 4.94. The molecule has 3 heteroatoms. The number of carbonyl (C=O) groups is 1. The van der Waals surface area contributed by atoms with Gasteiger partial charge in [0, 0.05) is 6.04 Å². The lowest BCUT2D eigenvalue weighted by atomic mass is 10.1. The van der Waals surface area contributed by atoms with Crippen LogP contribution < -0.4 is 5.73 Å². The topological polar surface area (TPSA) is 52.3 Å². The van der Waals surface area contributed by atoms with Crippen LogP contribution in [0.25, 0.3) is 0 Å². The number of rotatable bonds is 3. The predicted molar refractivity (Wildman–Crippen MR) is 61.5 cm³/mol. The van der Waals surface area contributed by atoms with Crippen molar-refractivity contribution in [2.45, 2.75) is 19.1 Å². The zero-order valence-corrected chi connectivity index (χ0v) is 9.00. The first-order chi connectivity index (χ1) is 7.75. The minimum Gasteiger partial charge on any atom is -0.460 e. The van der Waals surface area contributed by atoms with E-state index in [4.69, 9.17) is 10.5 Å². The molecule has 1 aromatic carbocycles. The summed E-state index contributed by atoms with van der Waals surface area (Å²) in [6, 6.07) is 9.65. The Kier molecular flexibility index (Phi) is 3.37. The first kappa shape index (κ1) is 10.9. The molecule has 84 valence electrons. The molecule has 1 unspecified atom stereocenters. The molecule has 1 aliphatic rings. The van der Waals surface area contributed by atoms with Gasteiger partial charge >= 0.3 is 5.97 Å². The van der Waals surface area contributed by atoms with E-state index in [-0.39, 0.29) is 17.9 Å². The Morgan fingerprint density at radius 1 is 1.31 bits per heavy atom. The quantitative estimate of drug-likeness (QED) is 0.618. The molecule has 2 N–H and O–H groups in total. The van der Waals surface area contributed by atoms with E-state index in [1.807, 2.05) is 42.5 Å². The fraction of sp³-hybridized carbons (Fsp3) is 0.308. The molecule has 2 rings (SSSR count). The van der Waals surface area contributed by atoms with Gasteiger partial charge in [0.05, 0.1) is 5.92 Å². The number of hydrogen-bond acceptors (Lipinski definition) is 3. The molecular formula is C13H15NO2. The Bertz CT molecular complexity index is 386. The Labute approximate surface area is 94.9 Å². The van der Waals surface area contributed by atoms with E-state index in [1.165, 1.54) is 0 Å². The van der Waals surface area contributed by atoms with Crippen molar-refractivity contribution in [1.82, 2.24) is 0 Å². The van der Waals surface area contributed by atoms with Crippen LogP contribution >= 0.6 is 0 Å². The normalized spacial score (nSPS) is 23.3. The summed E-state index contributed by atoms with van der Waals surface area (Å²) in [6.45, 7) is 0.333. The predicted octanol–water partition coefficient (Wildman–Crippen LogP) is 1.63. The van der Waals surface area contributed by atoms with Crippen molar-refractivity contribution in [3.8, 4) is 0 Å². The van der Waals surface area contributed by atoms with E-state index >= 15 is 0 Å². The fourth-order valence-electron chi connectivity index (χ4n) is 1.74. The minimum atomic E-state index is -0.187. The minimum absolute atomic E-state index is 0.00530. The Morgan fingerprint density at radius 2 is 2.06 bits per heavy atom. The third-order valence-corrected chi connectivity index (χ3v) is 2.64. The standard InChI is InChI=1S/C13H15NO2/c14-12-7-6-11(8-12)13(15)16-9-10-4-2-1-3-5-10/h1-7,11-12H,8-9,14H2/t11-,12?/m0/s1. The molecule has 0 heterocycles. The van der Waals surface area contributed by atoms with E-state index in [0.717, 1.165) is 5.56 Å². The number of benzene rings is 1. The van der Waals surface area contributed by atoms with E-state index in [0.29, 0.717) is 13.0 Å². The average Bonchev–Trinajstić information content (AvgIpc) is 2.74. The highest BCUT2D eigenvalue weighted by Gasteiger charge is 2.23. The smallest absolute Gasteiger partial charge is 0.313 e. The van der Waals surface area contributed by atoms with Crippen LogP contribution in [0, 0.1) is 5.92 Å². The Morgan fingerprint density at radius 3 is 2.69 bits per heavy atom. The summed E-state index contributed by atoms with van der Waals surface area (Å²) >= 11 is 0. The van der Waals surface area contributed by atoms with Crippen LogP contribution in [0.2, 0.25) is 0 Å². The van der Waals surface area contributed by atoms with Crippen molar-refractivity contribution in [3.63, 3.8) is 0 Å². The first-order valence-electron chi connectivity index (χ1n) is 5.40. The summed E-state index contributed by atoms with van der Waals surface area (Å²) in [5.41, 5.74) is 6.68. The van der Waals surface area contributed by atoms with Gasteiger partial charge in [0.15, 0.2) is 0 Å². The van der Waals surface area contributed by atoms with Gasteiger partial charge in [-0.3, -0.25) is 4.79 Å². The van der Waals surface area contributed by atoms with Gasteiger partial charge in [-0.05, 0) is 12.0 Å². The molecule has 2 atom stereocenters. The van der Waals surface area contributed by atoms with Gasteiger partial charge in [0.25, 0.3) is 0 Å². The van der Waals surface area contributed by atoms with Crippen LogP contribution in [0.4, 0.5) is 0 Å². The van der Waals surface area contributed by atoms with Gasteiger partial charge < -0.3 is 10.5 Å². The molecule has 0 bridgehead atoms. The van der Waals surface area contributed by atoms with E-state index < -0.39 is 0 Å². The van der Waals surface area contributed by atoms with Crippen LogP contribution in [0.1, 0.15) is 12.0 Å². The van der Waals surface area contributed by atoms with E-state index in [2.05, 4.69) is 0 Å². The lowest BCUT2D eigenvalue weighted by molar-refractivity contribution is -0.148. The number of hydrogen-bond donors (Lipinski definition) is 1. The highest BCUT2D eigenvalue weighted by Crippen LogP contribution is 2.18. The third kappa shape index (κ3) is 2.70. The molecule has 0 saturated heterocycles. The van der Waals surface area contributed by atoms with Crippen molar-refractivity contribution in [2.24, 2.45) is 11.7 Å². The summed E-state index contributed by atoms with van der Waals surface area (Å²) in [5, 5.41) is 0. The zero-order chi connectivity index (χ0) is 11.4. The molecule has 0 saturated carbocycles. The number of nitrogens with two attached hydrogens (primary N) is 1. The molecule has 0 fully saturated rings. The summed E-state index contributed by atoms with van der Waals surface area (Å²) in [7, 11) is 0. The molecule has 0 spiro atoms. The average molecular weight is 217 g/mol. The van der Waals surface area contributed by atoms with Crippen molar-refractivity contribution < 1.29 is 9.53 Å². The molecule has 1 aliphatic carbocycles. The molecular weight excluding hydrogens is 202 g/mol. The van der Waals surface area contributed by atoms with Gasteiger partial charge in [-0.1, -0.05) is 42.5 Å². The molecule has 1 aromatic rings. The van der Waals surface area contributed by atoms with Crippen LogP contribution in [-0.2, 0) is 16.1 Å². The number of carbonyl (C=O) groups excluding carboxylic acids is 1. The molecule has 0 amide bonds. The maximum Gasteiger partial charge on any atom is 0.313 e. The lowest BCUT2D eigenvalue weighted by Crippen LogP contribution is -2.20. The van der Waals surface area contributed by atoms with Crippen LogP contribution in [0.3, 0.4) is 0 Å². The Hall–Kier alpha value is -1.61. The summed E-state index contributed by atoms with van der Waals surface area (Å²) in [5.74, 6) is -0.355. The maximum absolute atomic E-state index is 11.6. The second-order valence-corrected chi connectivity index (χ2v) is 3.98. The fourth-order valence-corrected chi connectivity index (χ4v) is 1.74. The molecule has 3 nitrogen and oxygen atoms in total. The lowest BCUT2D eigenvalue weighted by Gasteiger charge is -2.09. The third-order valence-electron chi connectivity index (χ3n) is 2.64. The Balaban J connectivity index is 1.83. The van der Waals surface area contributed by atoms with Crippen molar-refractivity contribution in [1.29, 1.82) is 0 Å². The molecule has 0 aliphatic heterocycles. The van der Waals surface area contributed by atoms with Crippen molar-refractivity contribution in [2.75, 3.05) is 0 Å². The van der Waals surface area contributed by atoms with E-state index in [1.54, 1.807) is 0 Å². The van der Waals surface area contributed by atoms with Gasteiger partial charge in [-0.2, -0.15) is 0 Å². The SMILES string of the molecule is NC1C=C[C@H](C(=O)OCc2ccccc2)C1. The summed E-state index contributed by atoms with van der Waals surface area (Å²) < 4.78 is 5.21. The van der Waals surface area contributed by atoms with Gasteiger partial charge in [-0.15, -0.1) is 0 Å². The summed E-state index contributed by atoms with van der Waals surface area (Å²) in [4.78, 5) is 11.6. The monoisotopic (exact) mass is 217 g/mol. The maximum atomic E-state index is 11.6.